The van der Waals surface area contributed by atoms with Gasteiger partial charge in [0.25, 0.3) is 5.91 Å². The van der Waals surface area contributed by atoms with E-state index in [2.05, 4.69) is 15.3 Å². The number of sulfone groups is 1. The van der Waals surface area contributed by atoms with Gasteiger partial charge in [0.05, 0.1) is 11.2 Å². The number of thiazole rings is 1. The van der Waals surface area contributed by atoms with E-state index in [1.807, 2.05) is 6.08 Å². The van der Waals surface area contributed by atoms with Crippen LogP contribution in [0.5, 0.6) is 0 Å². The summed E-state index contributed by atoms with van der Waals surface area (Å²) in [6, 6.07) is 1.46. The maximum atomic E-state index is 12.9. The lowest BCUT2D eigenvalue weighted by atomic mass is 9.99. The summed E-state index contributed by atoms with van der Waals surface area (Å²) >= 11 is 13.1. The lowest BCUT2D eigenvalue weighted by molar-refractivity contribution is -0.111. The molecule has 0 aliphatic heterocycles. The van der Waals surface area contributed by atoms with E-state index < -0.39 is 9.84 Å². The molecule has 1 aliphatic rings. The number of pyridine rings is 1. The molecule has 0 atom stereocenters. The van der Waals surface area contributed by atoms with Crippen molar-refractivity contribution in [2.24, 2.45) is 5.92 Å². The Morgan fingerprint density at radius 3 is 2.52 bits per heavy atom. The van der Waals surface area contributed by atoms with Crippen LogP contribution < -0.4 is 5.32 Å². The number of carbonyl (C=O) groups excluding carboxylic acids is 1. The van der Waals surface area contributed by atoms with Crippen LogP contribution in [0.25, 0.3) is 5.57 Å². The molecule has 3 rings (SSSR count). The molecule has 0 aromatic carbocycles. The van der Waals surface area contributed by atoms with Crippen molar-refractivity contribution in [1.29, 1.82) is 0 Å². The van der Waals surface area contributed by atoms with Crippen LogP contribution in [0.3, 0.4) is 0 Å². The number of hydrogen-bond acceptors (Lipinski definition) is 6. The molecule has 144 valence electrons. The molecule has 1 fully saturated rings. The number of amides is 1. The topological polar surface area (TPSA) is 89.0 Å². The molecule has 0 saturated heterocycles. The van der Waals surface area contributed by atoms with Crippen LogP contribution in [-0.2, 0) is 14.6 Å². The van der Waals surface area contributed by atoms with Crippen LogP contribution in [0.15, 0.2) is 29.6 Å². The third-order valence-corrected chi connectivity index (χ3v) is 6.67. The monoisotopic (exact) mass is 445 g/mol. The van der Waals surface area contributed by atoms with Crippen molar-refractivity contribution in [3.8, 4) is 0 Å². The van der Waals surface area contributed by atoms with Gasteiger partial charge in [-0.1, -0.05) is 53.5 Å². The number of rotatable bonds is 5. The quantitative estimate of drug-likeness (QED) is 0.685. The minimum absolute atomic E-state index is 0.0163. The smallest absolute Gasteiger partial charge is 0.257 e. The van der Waals surface area contributed by atoms with Gasteiger partial charge in [-0.25, -0.2) is 18.4 Å². The number of carbonyl (C=O) groups is 1. The summed E-state index contributed by atoms with van der Waals surface area (Å²) in [6.07, 6.45) is 10.00. The first-order valence-corrected chi connectivity index (χ1v) is 11.7. The molecular weight excluding hydrogens is 429 g/mol. The SMILES string of the molecule is CS(=O)(=O)c1ncc(C(=CC2CCCC2)C(=O)Nc2ncc(Cl)s2)cc1Cl. The van der Waals surface area contributed by atoms with E-state index in [1.54, 1.807) is 0 Å². The largest absolute Gasteiger partial charge is 0.298 e. The lowest BCUT2D eigenvalue weighted by Crippen LogP contribution is -2.15. The Bertz CT molecular complexity index is 997. The number of halogens is 2. The first-order chi connectivity index (χ1) is 12.7. The zero-order valence-electron chi connectivity index (χ0n) is 14.4. The second-order valence-electron chi connectivity index (χ2n) is 6.33. The second-order valence-corrected chi connectivity index (χ2v) is 10.3. The van der Waals surface area contributed by atoms with Crippen LogP contribution in [0.4, 0.5) is 5.13 Å². The van der Waals surface area contributed by atoms with Gasteiger partial charge in [-0.15, -0.1) is 0 Å². The second kappa shape index (κ2) is 8.26. The van der Waals surface area contributed by atoms with Crippen molar-refractivity contribution in [2.75, 3.05) is 11.6 Å². The third kappa shape index (κ3) is 5.07. The van der Waals surface area contributed by atoms with E-state index in [-0.39, 0.29) is 21.9 Å². The zero-order chi connectivity index (χ0) is 19.6. The molecule has 1 amide bonds. The molecule has 0 unspecified atom stereocenters. The van der Waals surface area contributed by atoms with Crippen LogP contribution in [0.1, 0.15) is 31.2 Å². The summed E-state index contributed by atoms with van der Waals surface area (Å²) in [6.45, 7) is 0. The fraction of sp³-hybridized carbons (Fsp3) is 0.353. The van der Waals surface area contributed by atoms with Gasteiger partial charge in [0.1, 0.15) is 4.34 Å². The maximum Gasteiger partial charge on any atom is 0.257 e. The molecule has 6 nitrogen and oxygen atoms in total. The first-order valence-electron chi connectivity index (χ1n) is 8.24. The number of hydrogen-bond donors (Lipinski definition) is 1. The average Bonchev–Trinajstić information content (AvgIpc) is 3.23. The van der Waals surface area contributed by atoms with Gasteiger partial charge in [0.2, 0.25) is 0 Å². The standard InChI is InChI=1S/C17H17Cl2N3O3S2/c1-27(24,25)16-13(18)7-11(8-20-16)12(6-10-4-2-3-5-10)15(23)22-17-21-9-14(19)26-17/h6-10H,2-5H2,1H3,(H,21,22,23). The summed E-state index contributed by atoms with van der Waals surface area (Å²) < 4.78 is 23.9. The molecular formula is C17H17Cl2N3O3S2. The third-order valence-electron chi connectivity index (χ3n) is 4.21. The van der Waals surface area contributed by atoms with Crippen molar-refractivity contribution >= 4 is 61.0 Å². The van der Waals surface area contributed by atoms with Crippen molar-refractivity contribution in [3.05, 3.63) is 39.5 Å². The Morgan fingerprint density at radius 1 is 1.26 bits per heavy atom. The Hall–Kier alpha value is -1.48. The summed E-state index contributed by atoms with van der Waals surface area (Å²) in [5, 5.41) is 2.89. The summed E-state index contributed by atoms with van der Waals surface area (Å²) in [4.78, 5) is 20.9. The van der Waals surface area contributed by atoms with Crippen LogP contribution >= 0.6 is 34.5 Å². The van der Waals surface area contributed by atoms with Crippen molar-refractivity contribution in [2.45, 2.75) is 30.7 Å². The molecule has 2 aromatic rings. The molecule has 10 heteroatoms. The molecule has 27 heavy (non-hydrogen) atoms. The van der Waals surface area contributed by atoms with Gasteiger partial charge >= 0.3 is 0 Å². The van der Waals surface area contributed by atoms with Gasteiger partial charge in [-0.05, 0) is 24.8 Å². The molecule has 1 aliphatic carbocycles. The Labute approximate surface area is 171 Å². The molecule has 0 bridgehead atoms. The number of allylic oxidation sites excluding steroid dienone is 1. The fourth-order valence-corrected chi connectivity index (χ4v) is 5.04. The predicted molar refractivity (Wildman–Crippen MR) is 108 cm³/mol. The Kier molecular flexibility index (Phi) is 6.20. The van der Waals surface area contributed by atoms with Gasteiger partial charge in [-0.2, -0.15) is 0 Å². The summed E-state index contributed by atoms with van der Waals surface area (Å²) in [7, 11) is -3.55. The average molecular weight is 446 g/mol. The fourth-order valence-electron chi connectivity index (χ4n) is 2.98. The van der Waals surface area contributed by atoms with Gasteiger partial charge in [0.15, 0.2) is 20.0 Å². The molecule has 2 aromatic heterocycles. The number of anilines is 1. The highest BCUT2D eigenvalue weighted by Crippen LogP contribution is 2.32. The Morgan fingerprint density at radius 2 is 1.96 bits per heavy atom. The lowest BCUT2D eigenvalue weighted by Gasteiger charge is -2.12. The van der Waals surface area contributed by atoms with Gasteiger partial charge < -0.3 is 0 Å². The first kappa shape index (κ1) is 20.3. The van der Waals surface area contributed by atoms with Crippen LogP contribution in [0, 0.1) is 5.92 Å². The van der Waals surface area contributed by atoms with E-state index in [1.165, 1.54) is 18.5 Å². The molecule has 0 spiro atoms. The van der Waals surface area contributed by atoms with Gasteiger partial charge in [0, 0.05) is 23.6 Å². The van der Waals surface area contributed by atoms with Crippen molar-refractivity contribution < 1.29 is 13.2 Å². The highest BCUT2D eigenvalue weighted by molar-refractivity contribution is 7.90. The van der Waals surface area contributed by atoms with E-state index in [9.17, 15) is 13.2 Å². The van der Waals surface area contributed by atoms with E-state index in [0.29, 0.717) is 20.6 Å². The Balaban J connectivity index is 1.97. The number of nitrogens with one attached hydrogen (secondary N) is 1. The van der Waals surface area contributed by atoms with Crippen LogP contribution in [-0.4, -0.2) is 30.5 Å². The highest BCUT2D eigenvalue weighted by Gasteiger charge is 2.22. The predicted octanol–water partition coefficient (Wildman–Crippen LogP) is 4.46. The molecule has 0 radical (unpaired) electrons. The maximum absolute atomic E-state index is 12.9. The zero-order valence-corrected chi connectivity index (χ0v) is 17.6. The van der Waals surface area contributed by atoms with Crippen molar-refractivity contribution in [1.82, 2.24) is 9.97 Å². The number of nitrogens with zero attached hydrogens (tertiary/aromatic N) is 2. The molecule has 1 saturated carbocycles. The highest BCUT2D eigenvalue weighted by atomic mass is 35.5. The summed E-state index contributed by atoms with van der Waals surface area (Å²) in [5.74, 6) is -0.0862. The van der Waals surface area contributed by atoms with E-state index in [4.69, 9.17) is 23.2 Å². The van der Waals surface area contributed by atoms with Crippen LogP contribution in [0.2, 0.25) is 9.36 Å². The normalized spacial score (nSPS) is 15.9. The molecule has 2 heterocycles. The van der Waals surface area contributed by atoms with Gasteiger partial charge in [-0.3, -0.25) is 10.1 Å². The summed E-state index contributed by atoms with van der Waals surface area (Å²) in [5.41, 5.74) is 0.849. The van der Waals surface area contributed by atoms with E-state index in [0.717, 1.165) is 43.3 Å². The minimum atomic E-state index is -3.55. The number of aromatic nitrogens is 2. The van der Waals surface area contributed by atoms with Crippen molar-refractivity contribution in [3.63, 3.8) is 0 Å². The molecule has 1 N–H and O–H groups in total. The van der Waals surface area contributed by atoms with E-state index >= 15 is 0 Å². The minimum Gasteiger partial charge on any atom is -0.298 e.